The topological polar surface area (TPSA) is 47.3 Å². The van der Waals surface area contributed by atoms with Gasteiger partial charge in [-0.2, -0.15) is 0 Å². The highest BCUT2D eigenvalue weighted by Crippen LogP contribution is 2.23. The van der Waals surface area contributed by atoms with Crippen LogP contribution in [0.3, 0.4) is 0 Å². The second-order valence-electron chi connectivity index (χ2n) is 3.69. The van der Waals surface area contributed by atoms with Crippen molar-refractivity contribution >= 4 is 38.8 Å². The van der Waals surface area contributed by atoms with Gasteiger partial charge < -0.3 is 15.8 Å². The highest BCUT2D eigenvalue weighted by Gasteiger charge is 2.02. The maximum Gasteiger partial charge on any atom is 0.104 e. The predicted octanol–water partition coefficient (Wildman–Crippen LogP) is 2.92. The molecule has 17 heavy (non-hydrogen) atoms. The molecule has 0 aliphatic heterocycles. The standard InChI is InChI=1S/C12H17BrN2OS/c1-16-7-3-2-6-15-11-5-4-9(12(14)17)8-10(11)13/h4-5,8,15H,2-3,6-7H2,1H3,(H2,14,17). The van der Waals surface area contributed by atoms with Crippen LogP contribution in [0, 0.1) is 0 Å². The Hall–Kier alpha value is -0.650. The first-order chi connectivity index (χ1) is 8.15. The van der Waals surface area contributed by atoms with Gasteiger partial charge in [-0.15, -0.1) is 0 Å². The first-order valence-electron chi connectivity index (χ1n) is 5.47. The van der Waals surface area contributed by atoms with Gasteiger partial charge in [-0.05, 0) is 47.0 Å². The number of methoxy groups -OCH3 is 1. The maximum atomic E-state index is 5.56. The zero-order valence-electron chi connectivity index (χ0n) is 9.83. The fourth-order valence-corrected chi connectivity index (χ4v) is 2.05. The number of ether oxygens (including phenoxy) is 1. The van der Waals surface area contributed by atoms with Crippen LogP contribution < -0.4 is 11.1 Å². The lowest BCUT2D eigenvalue weighted by Crippen LogP contribution is -2.10. The summed E-state index contributed by atoms with van der Waals surface area (Å²) < 4.78 is 5.98. The van der Waals surface area contributed by atoms with Crippen LogP contribution in [0.25, 0.3) is 0 Å². The molecule has 1 aromatic carbocycles. The quantitative estimate of drug-likeness (QED) is 0.600. The van der Waals surface area contributed by atoms with Crippen molar-refractivity contribution in [3.63, 3.8) is 0 Å². The molecule has 0 heterocycles. The minimum atomic E-state index is 0.414. The second kappa shape index (κ2) is 7.63. The Morgan fingerprint density at radius 3 is 2.82 bits per heavy atom. The van der Waals surface area contributed by atoms with Crippen molar-refractivity contribution < 1.29 is 4.74 Å². The predicted molar refractivity (Wildman–Crippen MR) is 79.6 cm³/mol. The summed E-state index contributed by atoms with van der Waals surface area (Å²) in [6.45, 7) is 1.73. The van der Waals surface area contributed by atoms with Gasteiger partial charge in [0.15, 0.2) is 0 Å². The lowest BCUT2D eigenvalue weighted by molar-refractivity contribution is 0.194. The van der Waals surface area contributed by atoms with Crippen molar-refractivity contribution in [1.29, 1.82) is 0 Å². The monoisotopic (exact) mass is 316 g/mol. The molecule has 0 radical (unpaired) electrons. The molecule has 0 aromatic heterocycles. The van der Waals surface area contributed by atoms with Crippen molar-refractivity contribution in [2.24, 2.45) is 5.73 Å². The van der Waals surface area contributed by atoms with E-state index in [1.807, 2.05) is 18.2 Å². The van der Waals surface area contributed by atoms with E-state index in [2.05, 4.69) is 21.2 Å². The summed E-state index contributed by atoms with van der Waals surface area (Å²) in [7, 11) is 1.72. The van der Waals surface area contributed by atoms with Gasteiger partial charge in [0.1, 0.15) is 4.99 Å². The molecule has 0 unspecified atom stereocenters. The molecule has 0 aliphatic rings. The van der Waals surface area contributed by atoms with Gasteiger partial charge in [0, 0.05) is 36.0 Å². The summed E-state index contributed by atoms with van der Waals surface area (Å²) in [6, 6.07) is 5.83. The molecule has 0 bridgehead atoms. The lowest BCUT2D eigenvalue weighted by atomic mass is 10.2. The Labute approximate surface area is 116 Å². The summed E-state index contributed by atoms with van der Waals surface area (Å²) in [5.74, 6) is 0. The van der Waals surface area contributed by atoms with Crippen molar-refractivity contribution in [2.45, 2.75) is 12.8 Å². The molecule has 0 amide bonds. The number of thiocarbonyl (C=S) groups is 1. The van der Waals surface area contributed by atoms with Gasteiger partial charge >= 0.3 is 0 Å². The van der Waals surface area contributed by atoms with Crippen molar-refractivity contribution in [3.8, 4) is 0 Å². The number of rotatable bonds is 7. The smallest absolute Gasteiger partial charge is 0.104 e. The first-order valence-corrected chi connectivity index (χ1v) is 6.67. The molecule has 0 atom stereocenters. The largest absolute Gasteiger partial charge is 0.389 e. The van der Waals surface area contributed by atoms with E-state index in [-0.39, 0.29) is 0 Å². The van der Waals surface area contributed by atoms with Gasteiger partial charge in [0.25, 0.3) is 0 Å². The molecule has 3 nitrogen and oxygen atoms in total. The molecule has 0 saturated heterocycles. The molecule has 0 spiro atoms. The molecule has 3 N–H and O–H groups in total. The Morgan fingerprint density at radius 2 is 2.24 bits per heavy atom. The molecule has 94 valence electrons. The van der Waals surface area contributed by atoms with E-state index in [0.29, 0.717) is 4.99 Å². The van der Waals surface area contributed by atoms with Crippen LogP contribution in [-0.4, -0.2) is 25.2 Å². The summed E-state index contributed by atoms with van der Waals surface area (Å²) in [5, 5.41) is 3.35. The summed E-state index contributed by atoms with van der Waals surface area (Å²) in [5.41, 5.74) is 7.49. The van der Waals surface area contributed by atoms with Gasteiger partial charge in [0.2, 0.25) is 0 Å². The van der Waals surface area contributed by atoms with Crippen LogP contribution in [-0.2, 0) is 4.74 Å². The second-order valence-corrected chi connectivity index (χ2v) is 4.98. The molecule has 0 saturated carbocycles. The fourth-order valence-electron chi connectivity index (χ4n) is 1.41. The van der Waals surface area contributed by atoms with Crippen LogP contribution in [0.1, 0.15) is 18.4 Å². The van der Waals surface area contributed by atoms with Gasteiger partial charge in [0.05, 0.1) is 0 Å². The van der Waals surface area contributed by atoms with E-state index in [4.69, 9.17) is 22.7 Å². The van der Waals surface area contributed by atoms with Crippen LogP contribution in [0.2, 0.25) is 0 Å². The number of nitrogens with two attached hydrogens (primary N) is 1. The number of halogens is 1. The van der Waals surface area contributed by atoms with Gasteiger partial charge in [-0.3, -0.25) is 0 Å². The van der Waals surface area contributed by atoms with E-state index in [1.54, 1.807) is 7.11 Å². The average molecular weight is 317 g/mol. The third kappa shape index (κ3) is 5.02. The Bertz CT molecular complexity index is 385. The van der Waals surface area contributed by atoms with E-state index in [9.17, 15) is 0 Å². The first kappa shape index (κ1) is 14.4. The number of benzene rings is 1. The number of nitrogens with one attached hydrogen (secondary N) is 1. The molecule has 0 fully saturated rings. The van der Waals surface area contributed by atoms with Crippen LogP contribution in [0.15, 0.2) is 22.7 Å². The number of hydrogen-bond acceptors (Lipinski definition) is 3. The normalized spacial score (nSPS) is 10.2. The van der Waals surface area contributed by atoms with E-state index >= 15 is 0 Å². The van der Waals surface area contributed by atoms with Gasteiger partial charge in [-0.25, -0.2) is 0 Å². The molecular formula is C12H17BrN2OS. The van der Waals surface area contributed by atoms with Crippen molar-refractivity contribution in [2.75, 3.05) is 25.6 Å². The Kier molecular flexibility index (Phi) is 6.47. The van der Waals surface area contributed by atoms with E-state index in [0.717, 1.165) is 41.7 Å². The Balaban J connectivity index is 2.46. The highest BCUT2D eigenvalue weighted by atomic mass is 79.9. The third-order valence-corrected chi connectivity index (χ3v) is 3.24. The molecule has 1 rings (SSSR count). The molecular weight excluding hydrogens is 300 g/mol. The zero-order chi connectivity index (χ0) is 12.7. The number of hydrogen-bond donors (Lipinski definition) is 2. The number of anilines is 1. The molecule has 1 aromatic rings. The molecule has 5 heteroatoms. The summed E-state index contributed by atoms with van der Waals surface area (Å²) in [4.78, 5) is 0.414. The van der Waals surface area contributed by atoms with E-state index < -0.39 is 0 Å². The summed E-state index contributed by atoms with van der Waals surface area (Å²) >= 11 is 8.42. The SMILES string of the molecule is COCCCCNc1ccc(C(N)=S)cc1Br. The van der Waals surface area contributed by atoms with Crippen LogP contribution >= 0.6 is 28.1 Å². The minimum absolute atomic E-state index is 0.414. The van der Waals surface area contributed by atoms with Crippen molar-refractivity contribution in [1.82, 2.24) is 0 Å². The highest BCUT2D eigenvalue weighted by molar-refractivity contribution is 9.10. The lowest BCUT2D eigenvalue weighted by Gasteiger charge is -2.09. The number of unbranched alkanes of at least 4 members (excludes halogenated alkanes) is 1. The van der Waals surface area contributed by atoms with Crippen LogP contribution in [0.4, 0.5) is 5.69 Å². The third-order valence-electron chi connectivity index (χ3n) is 2.34. The van der Waals surface area contributed by atoms with Crippen LogP contribution in [0.5, 0.6) is 0 Å². The van der Waals surface area contributed by atoms with E-state index in [1.165, 1.54) is 0 Å². The Morgan fingerprint density at radius 1 is 1.47 bits per heavy atom. The minimum Gasteiger partial charge on any atom is -0.389 e. The fraction of sp³-hybridized carbons (Fsp3) is 0.417. The average Bonchev–Trinajstić information content (AvgIpc) is 2.30. The summed E-state index contributed by atoms with van der Waals surface area (Å²) in [6.07, 6.45) is 2.14. The van der Waals surface area contributed by atoms with Gasteiger partial charge in [-0.1, -0.05) is 12.2 Å². The maximum absolute atomic E-state index is 5.56. The zero-order valence-corrected chi connectivity index (χ0v) is 12.2. The molecule has 0 aliphatic carbocycles. The van der Waals surface area contributed by atoms with Crippen molar-refractivity contribution in [3.05, 3.63) is 28.2 Å².